The second kappa shape index (κ2) is 4.49. The van der Waals surface area contributed by atoms with Crippen LogP contribution < -0.4 is 5.73 Å². The summed E-state index contributed by atoms with van der Waals surface area (Å²) in [5, 5.41) is 1.36. The standard InChI is InChI=1S/C13H13N3OS/c14-12(17)10-6-15-13-16(7-10)8-11(18-13)9-4-2-1-3-5-9/h1-6,11H,7-8H2,(H2,14,17). The summed E-state index contributed by atoms with van der Waals surface area (Å²) in [5.41, 5.74) is 7.15. The second-order valence-corrected chi connectivity index (χ2v) is 5.50. The molecule has 0 aromatic heterocycles. The van der Waals surface area contributed by atoms with Gasteiger partial charge in [-0.1, -0.05) is 42.1 Å². The van der Waals surface area contributed by atoms with Crippen LogP contribution in [0.3, 0.4) is 0 Å². The molecule has 1 saturated heterocycles. The third-order valence-electron chi connectivity index (χ3n) is 3.08. The monoisotopic (exact) mass is 259 g/mol. The minimum atomic E-state index is -0.383. The zero-order valence-electron chi connectivity index (χ0n) is 9.74. The number of nitrogens with zero attached hydrogens (tertiary/aromatic N) is 2. The Bertz CT molecular complexity index is 538. The lowest BCUT2D eigenvalue weighted by Crippen LogP contribution is -2.33. The van der Waals surface area contributed by atoms with E-state index in [1.165, 1.54) is 5.56 Å². The van der Waals surface area contributed by atoms with Crippen LogP contribution in [0.5, 0.6) is 0 Å². The van der Waals surface area contributed by atoms with Gasteiger partial charge in [0.15, 0.2) is 5.17 Å². The summed E-state index contributed by atoms with van der Waals surface area (Å²) in [6.07, 6.45) is 1.59. The van der Waals surface area contributed by atoms with Crippen LogP contribution in [0.25, 0.3) is 0 Å². The van der Waals surface area contributed by atoms with Crippen molar-refractivity contribution in [1.82, 2.24) is 4.90 Å². The predicted molar refractivity (Wildman–Crippen MR) is 73.1 cm³/mol. The Morgan fingerprint density at radius 1 is 1.39 bits per heavy atom. The molecule has 0 aliphatic carbocycles. The highest BCUT2D eigenvalue weighted by molar-refractivity contribution is 8.14. The van der Waals surface area contributed by atoms with Crippen molar-refractivity contribution in [2.24, 2.45) is 10.7 Å². The molecule has 18 heavy (non-hydrogen) atoms. The Hall–Kier alpha value is -1.75. The molecule has 0 bridgehead atoms. The quantitative estimate of drug-likeness (QED) is 0.876. The number of hydrogen-bond acceptors (Lipinski definition) is 4. The largest absolute Gasteiger partial charge is 0.366 e. The average molecular weight is 259 g/mol. The first-order valence-electron chi connectivity index (χ1n) is 5.77. The van der Waals surface area contributed by atoms with E-state index < -0.39 is 0 Å². The van der Waals surface area contributed by atoms with E-state index in [1.54, 1.807) is 18.0 Å². The van der Waals surface area contributed by atoms with Gasteiger partial charge in [-0.05, 0) is 5.56 Å². The van der Waals surface area contributed by atoms with E-state index in [2.05, 4.69) is 22.0 Å². The van der Waals surface area contributed by atoms with Gasteiger partial charge in [-0.2, -0.15) is 0 Å². The topological polar surface area (TPSA) is 58.7 Å². The molecule has 1 amide bonds. The number of carbonyl (C=O) groups is 1. The molecule has 1 fully saturated rings. The van der Waals surface area contributed by atoms with Gasteiger partial charge in [0.05, 0.1) is 17.4 Å². The first kappa shape index (κ1) is 11.3. The van der Waals surface area contributed by atoms with Crippen molar-refractivity contribution in [2.45, 2.75) is 5.25 Å². The zero-order chi connectivity index (χ0) is 12.5. The van der Waals surface area contributed by atoms with Crippen molar-refractivity contribution in [3.8, 4) is 0 Å². The van der Waals surface area contributed by atoms with Gasteiger partial charge in [0.2, 0.25) is 5.91 Å². The third-order valence-corrected chi connectivity index (χ3v) is 4.36. The Kier molecular flexibility index (Phi) is 2.83. The molecule has 2 N–H and O–H groups in total. The molecule has 2 heterocycles. The van der Waals surface area contributed by atoms with Gasteiger partial charge in [0.25, 0.3) is 0 Å². The molecule has 4 nitrogen and oxygen atoms in total. The van der Waals surface area contributed by atoms with Gasteiger partial charge >= 0.3 is 0 Å². The molecular weight excluding hydrogens is 246 g/mol. The smallest absolute Gasteiger partial charge is 0.247 e. The van der Waals surface area contributed by atoms with Crippen molar-refractivity contribution in [3.05, 3.63) is 47.7 Å². The van der Waals surface area contributed by atoms with Gasteiger partial charge < -0.3 is 10.6 Å². The molecule has 0 spiro atoms. The fraction of sp³-hybridized carbons (Fsp3) is 0.231. The molecule has 0 saturated carbocycles. The fourth-order valence-corrected chi connectivity index (χ4v) is 3.33. The number of fused-ring (bicyclic) bond motifs is 1. The van der Waals surface area contributed by atoms with E-state index >= 15 is 0 Å². The maximum atomic E-state index is 11.1. The van der Waals surface area contributed by atoms with Crippen molar-refractivity contribution in [3.63, 3.8) is 0 Å². The van der Waals surface area contributed by atoms with Gasteiger partial charge in [-0.3, -0.25) is 4.79 Å². The Morgan fingerprint density at radius 3 is 2.89 bits per heavy atom. The number of rotatable bonds is 2. The van der Waals surface area contributed by atoms with E-state index in [9.17, 15) is 4.79 Å². The molecule has 1 aromatic rings. The van der Waals surface area contributed by atoms with Crippen LogP contribution >= 0.6 is 11.8 Å². The van der Waals surface area contributed by atoms with E-state index in [1.807, 2.05) is 18.2 Å². The predicted octanol–water partition coefficient (Wildman–Crippen LogP) is 1.52. The van der Waals surface area contributed by atoms with Crippen LogP contribution in [0.1, 0.15) is 10.8 Å². The van der Waals surface area contributed by atoms with Gasteiger partial charge in [-0.15, -0.1) is 0 Å². The summed E-state index contributed by atoms with van der Waals surface area (Å²) in [7, 11) is 0. The number of thioether (sulfide) groups is 1. The van der Waals surface area contributed by atoms with E-state index in [-0.39, 0.29) is 5.91 Å². The number of carbonyl (C=O) groups excluding carboxylic acids is 1. The van der Waals surface area contributed by atoms with E-state index in [0.29, 0.717) is 17.4 Å². The minimum Gasteiger partial charge on any atom is -0.366 e. The molecule has 92 valence electrons. The van der Waals surface area contributed by atoms with Gasteiger partial charge in [0.1, 0.15) is 0 Å². The molecule has 5 heteroatoms. The summed E-state index contributed by atoms with van der Waals surface area (Å²) in [5.74, 6) is -0.383. The van der Waals surface area contributed by atoms with Crippen molar-refractivity contribution >= 4 is 22.8 Å². The lowest BCUT2D eigenvalue weighted by atomic mass is 10.1. The normalized spacial score (nSPS) is 22.2. The summed E-state index contributed by atoms with van der Waals surface area (Å²) in [6, 6.07) is 10.4. The number of amides is 1. The molecule has 3 rings (SSSR count). The number of primary amides is 1. The highest BCUT2D eigenvalue weighted by Gasteiger charge is 2.32. The Labute approximate surface area is 110 Å². The fourth-order valence-electron chi connectivity index (χ4n) is 2.12. The SMILES string of the molecule is NC(=O)C1=CN=C2SC(c3ccccc3)CN2C1. The average Bonchev–Trinajstić information content (AvgIpc) is 2.82. The Morgan fingerprint density at radius 2 is 2.17 bits per heavy atom. The maximum Gasteiger partial charge on any atom is 0.247 e. The van der Waals surface area contributed by atoms with Crippen LogP contribution in [0.2, 0.25) is 0 Å². The number of amidine groups is 1. The second-order valence-electron chi connectivity index (χ2n) is 4.33. The molecule has 1 aromatic carbocycles. The number of benzene rings is 1. The number of hydrogen-bond donors (Lipinski definition) is 1. The highest BCUT2D eigenvalue weighted by Crippen LogP contribution is 2.39. The minimum absolute atomic E-state index is 0.380. The maximum absolute atomic E-state index is 11.1. The Balaban J connectivity index is 1.78. The number of aliphatic imine (C=N–C) groups is 1. The first-order chi connectivity index (χ1) is 8.74. The van der Waals surface area contributed by atoms with E-state index in [4.69, 9.17) is 5.73 Å². The molecular formula is C13H13N3OS. The van der Waals surface area contributed by atoms with Crippen LogP contribution in [0, 0.1) is 0 Å². The summed E-state index contributed by atoms with van der Waals surface area (Å²) in [4.78, 5) is 17.6. The van der Waals surface area contributed by atoms with Crippen molar-refractivity contribution in [2.75, 3.05) is 13.1 Å². The van der Waals surface area contributed by atoms with Crippen LogP contribution in [-0.2, 0) is 4.79 Å². The van der Waals surface area contributed by atoms with Crippen LogP contribution in [-0.4, -0.2) is 29.1 Å². The molecule has 1 atom stereocenters. The highest BCUT2D eigenvalue weighted by atomic mass is 32.2. The molecule has 2 aliphatic heterocycles. The first-order valence-corrected chi connectivity index (χ1v) is 6.65. The van der Waals surface area contributed by atoms with Crippen molar-refractivity contribution in [1.29, 1.82) is 0 Å². The lowest BCUT2D eigenvalue weighted by molar-refractivity contribution is -0.114. The van der Waals surface area contributed by atoms with Crippen molar-refractivity contribution < 1.29 is 4.79 Å². The molecule has 0 radical (unpaired) electrons. The van der Waals surface area contributed by atoms with Crippen LogP contribution in [0.4, 0.5) is 0 Å². The van der Waals surface area contributed by atoms with Gasteiger partial charge in [-0.25, -0.2) is 4.99 Å². The summed E-state index contributed by atoms with van der Waals surface area (Å²) < 4.78 is 0. The summed E-state index contributed by atoms with van der Waals surface area (Å²) >= 11 is 1.74. The van der Waals surface area contributed by atoms with E-state index in [0.717, 1.165) is 11.7 Å². The molecule has 2 aliphatic rings. The van der Waals surface area contributed by atoms with Crippen LogP contribution in [0.15, 0.2) is 47.1 Å². The molecule has 1 unspecified atom stereocenters. The third kappa shape index (κ3) is 2.01. The lowest BCUT2D eigenvalue weighted by Gasteiger charge is -2.21. The summed E-state index contributed by atoms with van der Waals surface area (Å²) in [6.45, 7) is 1.45. The number of nitrogens with two attached hydrogens (primary N) is 1. The zero-order valence-corrected chi connectivity index (χ0v) is 10.6. The van der Waals surface area contributed by atoms with Gasteiger partial charge in [0, 0.05) is 12.7 Å².